The molecule has 0 fully saturated rings. The summed E-state index contributed by atoms with van der Waals surface area (Å²) in [4.78, 5) is 41.4. The molecule has 8 heteroatoms. The van der Waals surface area contributed by atoms with Crippen molar-refractivity contribution < 1.29 is 14.3 Å². The van der Waals surface area contributed by atoms with Crippen molar-refractivity contribution in [2.45, 2.75) is 45.6 Å². The molecule has 1 unspecified atom stereocenters. The van der Waals surface area contributed by atoms with Crippen LogP contribution < -0.4 is 10.3 Å². The van der Waals surface area contributed by atoms with Gasteiger partial charge in [0.15, 0.2) is 0 Å². The van der Waals surface area contributed by atoms with Crippen LogP contribution in [0.3, 0.4) is 0 Å². The van der Waals surface area contributed by atoms with Crippen molar-refractivity contribution in [3.63, 3.8) is 0 Å². The molecule has 0 radical (unpaired) electrons. The maximum Gasteiger partial charge on any atom is 0.262 e. The van der Waals surface area contributed by atoms with E-state index in [2.05, 4.69) is 6.92 Å². The van der Waals surface area contributed by atoms with Gasteiger partial charge in [-0.05, 0) is 37.1 Å². The van der Waals surface area contributed by atoms with Crippen molar-refractivity contribution in [3.8, 4) is 5.75 Å². The predicted octanol–water partition coefficient (Wildman–Crippen LogP) is 6.16. The second kappa shape index (κ2) is 9.80. The summed E-state index contributed by atoms with van der Waals surface area (Å²) in [5, 5.41) is 1.44. The molecule has 3 aromatic rings. The number of benzene rings is 2. The Kier molecular flexibility index (Phi) is 7.01. The summed E-state index contributed by atoms with van der Waals surface area (Å²) in [5.74, 6) is -0.306. The third-order valence-corrected chi connectivity index (χ3v) is 6.92. The largest absolute Gasteiger partial charge is 0.491 e. The van der Waals surface area contributed by atoms with Gasteiger partial charge in [-0.15, -0.1) is 0 Å². The van der Waals surface area contributed by atoms with Crippen LogP contribution in [-0.4, -0.2) is 27.9 Å². The zero-order valence-corrected chi connectivity index (χ0v) is 20.9. The van der Waals surface area contributed by atoms with E-state index in [0.717, 1.165) is 12.8 Å². The molecule has 1 atom stereocenters. The van der Waals surface area contributed by atoms with Gasteiger partial charge in [-0.3, -0.25) is 19.3 Å². The first-order chi connectivity index (χ1) is 16.3. The Morgan fingerprint density at radius 3 is 2.06 bits per heavy atom. The number of hydrogen-bond donors (Lipinski definition) is 0. The molecule has 0 bridgehead atoms. The normalized spacial score (nSPS) is 14.1. The Morgan fingerprint density at radius 1 is 0.912 bits per heavy atom. The molecule has 1 aliphatic heterocycles. The quantitative estimate of drug-likeness (QED) is 0.274. The second-order valence-electron chi connectivity index (χ2n) is 8.42. The monoisotopic (exact) mass is 500 g/mol. The number of ether oxygens (including phenoxy) is 1. The second-order valence-corrected chi connectivity index (χ2v) is 9.24. The third kappa shape index (κ3) is 3.99. The maximum atomic E-state index is 13.4. The highest BCUT2D eigenvalue weighted by Gasteiger charge is 2.42. The predicted molar refractivity (Wildman–Crippen MR) is 134 cm³/mol. The number of halogens is 2. The zero-order valence-electron chi connectivity index (χ0n) is 19.4. The summed E-state index contributed by atoms with van der Waals surface area (Å²) >= 11 is 12.5. The van der Waals surface area contributed by atoms with Crippen LogP contribution in [0, 0.1) is 0 Å². The van der Waals surface area contributed by atoms with Crippen LogP contribution in [0.5, 0.6) is 5.75 Å². The van der Waals surface area contributed by atoms with E-state index in [1.165, 1.54) is 15.5 Å². The first-order valence-corrected chi connectivity index (χ1v) is 12.2. The number of rotatable bonds is 8. The summed E-state index contributed by atoms with van der Waals surface area (Å²) in [6.07, 6.45) is 2.87. The van der Waals surface area contributed by atoms with Gasteiger partial charge in [-0.2, -0.15) is 0 Å². The van der Waals surface area contributed by atoms with E-state index in [4.69, 9.17) is 27.9 Å². The first-order valence-electron chi connectivity index (χ1n) is 11.4. The highest BCUT2D eigenvalue weighted by molar-refractivity contribution is 6.42. The standard InChI is InChI=1S/C26H26Cl2N2O4/c1-4-6-12-34-23-17-13-19(27)20(28)14-18(17)24(31)29(3)22(23)21(9-5-2)30-25(32)15-10-7-8-11-16(15)26(30)33/h7-8,10-11,13-14,21H,4-6,9,12H2,1-3H3. The van der Waals surface area contributed by atoms with Crippen LogP contribution in [0.15, 0.2) is 41.2 Å². The van der Waals surface area contributed by atoms with Gasteiger partial charge in [0.1, 0.15) is 5.75 Å². The lowest BCUT2D eigenvalue weighted by molar-refractivity contribution is 0.0564. The summed E-state index contributed by atoms with van der Waals surface area (Å²) in [6.45, 7) is 4.44. The number of hydrogen-bond acceptors (Lipinski definition) is 4. The number of imide groups is 1. The highest BCUT2D eigenvalue weighted by Crippen LogP contribution is 2.41. The van der Waals surface area contributed by atoms with Gasteiger partial charge >= 0.3 is 0 Å². The Labute approximate surface area is 208 Å². The Hall–Kier alpha value is -2.83. The Balaban J connectivity index is 1.98. The molecule has 0 saturated heterocycles. The van der Waals surface area contributed by atoms with Crippen molar-refractivity contribution in [2.75, 3.05) is 6.61 Å². The number of aromatic nitrogens is 1. The number of carbonyl (C=O) groups excluding carboxylic acids is 2. The van der Waals surface area contributed by atoms with Crippen molar-refractivity contribution in [2.24, 2.45) is 7.05 Å². The van der Waals surface area contributed by atoms with Crippen LogP contribution >= 0.6 is 23.2 Å². The van der Waals surface area contributed by atoms with Gasteiger partial charge in [0.05, 0.1) is 44.9 Å². The maximum absolute atomic E-state index is 13.4. The van der Waals surface area contributed by atoms with E-state index in [1.54, 1.807) is 37.4 Å². The van der Waals surface area contributed by atoms with Crippen molar-refractivity contribution >= 4 is 45.8 Å². The molecule has 34 heavy (non-hydrogen) atoms. The number of carbonyl (C=O) groups is 2. The van der Waals surface area contributed by atoms with Crippen LogP contribution in [0.4, 0.5) is 0 Å². The first kappa shape index (κ1) is 24.3. The molecule has 0 saturated carbocycles. The summed E-state index contributed by atoms with van der Waals surface area (Å²) in [6, 6.07) is 9.24. The molecule has 2 heterocycles. The van der Waals surface area contributed by atoms with Gasteiger partial charge in [0.2, 0.25) is 0 Å². The van der Waals surface area contributed by atoms with E-state index < -0.39 is 6.04 Å². The molecule has 4 rings (SSSR count). The summed E-state index contributed by atoms with van der Waals surface area (Å²) < 4.78 is 7.72. The minimum absolute atomic E-state index is 0.268. The average molecular weight is 501 g/mol. The van der Waals surface area contributed by atoms with Crippen molar-refractivity contribution in [1.82, 2.24) is 9.47 Å². The summed E-state index contributed by atoms with van der Waals surface area (Å²) in [7, 11) is 1.63. The third-order valence-electron chi connectivity index (χ3n) is 6.19. The molecule has 0 spiro atoms. The van der Waals surface area contributed by atoms with Crippen LogP contribution in [0.2, 0.25) is 10.0 Å². The van der Waals surface area contributed by atoms with E-state index >= 15 is 0 Å². The molecule has 6 nitrogen and oxygen atoms in total. The highest BCUT2D eigenvalue weighted by atomic mass is 35.5. The van der Waals surface area contributed by atoms with E-state index in [9.17, 15) is 14.4 Å². The molecule has 178 valence electrons. The lowest BCUT2D eigenvalue weighted by Gasteiger charge is -2.30. The van der Waals surface area contributed by atoms with Gasteiger partial charge in [-0.25, -0.2) is 0 Å². The van der Waals surface area contributed by atoms with Crippen LogP contribution in [-0.2, 0) is 7.05 Å². The average Bonchev–Trinajstić information content (AvgIpc) is 3.08. The number of pyridine rings is 1. The molecule has 2 amide bonds. The minimum Gasteiger partial charge on any atom is -0.491 e. The number of fused-ring (bicyclic) bond motifs is 2. The SMILES string of the molecule is CCCCOc1c(C(CCC)N2C(=O)c3ccccc3C2=O)n(C)c(=O)c2cc(Cl)c(Cl)cc12. The van der Waals surface area contributed by atoms with Crippen molar-refractivity contribution in [1.29, 1.82) is 0 Å². The van der Waals surface area contributed by atoms with Crippen LogP contribution in [0.1, 0.15) is 72.0 Å². The van der Waals surface area contributed by atoms with Crippen LogP contribution in [0.25, 0.3) is 10.8 Å². The molecule has 0 aliphatic carbocycles. The lowest BCUT2D eigenvalue weighted by atomic mass is 10.0. The topological polar surface area (TPSA) is 68.6 Å². The summed E-state index contributed by atoms with van der Waals surface area (Å²) in [5.41, 5.74) is 0.901. The van der Waals surface area contributed by atoms with Crippen molar-refractivity contribution in [3.05, 3.63) is 73.6 Å². The number of nitrogens with zero attached hydrogens (tertiary/aromatic N) is 2. The van der Waals surface area contributed by atoms with Gasteiger partial charge < -0.3 is 9.30 Å². The molecule has 0 N–H and O–H groups in total. The lowest BCUT2D eigenvalue weighted by Crippen LogP contribution is -2.37. The van der Waals surface area contributed by atoms with E-state index in [-0.39, 0.29) is 22.4 Å². The molecule has 1 aromatic heterocycles. The minimum atomic E-state index is -0.689. The Morgan fingerprint density at radius 2 is 1.50 bits per heavy atom. The van der Waals surface area contributed by atoms with Gasteiger partial charge in [0.25, 0.3) is 17.4 Å². The Bertz CT molecular complexity index is 1310. The zero-order chi connectivity index (χ0) is 24.6. The fourth-order valence-corrected chi connectivity index (χ4v) is 4.82. The molecule has 1 aliphatic rings. The smallest absolute Gasteiger partial charge is 0.262 e. The molecule has 2 aromatic carbocycles. The van der Waals surface area contributed by atoms with Gasteiger partial charge in [0, 0.05) is 12.4 Å². The molecular weight excluding hydrogens is 475 g/mol. The van der Waals surface area contributed by atoms with E-state index in [1.807, 2.05) is 6.92 Å². The van der Waals surface area contributed by atoms with E-state index in [0.29, 0.717) is 57.8 Å². The van der Waals surface area contributed by atoms with Gasteiger partial charge in [-0.1, -0.05) is 62.0 Å². The molecular formula is C26H26Cl2N2O4. The number of amides is 2. The fraction of sp³-hybridized carbons (Fsp3) is 0.346. The number of unbranched alkanes of at least 4 members (excludes halogenated alkanes) is 1. The fourth-order valence-electron chi connectivity index (χ4n) is 4.49.